The van der Waals surface area contributed by atoms with Crippen LogP contribution in [0.3, 0.4) is 0 Å². The van der Waals surface area contributed by atoms with Crippen molar-refractivity contribution in [3.8, 4) is 28.6 Å². The second kappa shape index (κ2) is 9.60. The molecule has 156 valence electrons. The summed E-state index contributed by atoms with van der Waals surface area (Å²) >= 11 is 0. The minimum atomic E-state index is -0.301. The number of hydrogen-bond acceptors (Lipinski definition) is 7. The van der Waals surface area contributed by atoms with Gasteiger partial charge in [-0.05, 0) is 24.3 Å². The van der Waals surface area contributed by atoms with E-state index in [0.29, 0.717) is 28.6 Å². The Morgan fingerprint density at radius 3 is 2.43 bits per heavy atom. The molecule has 0 atom stereocenters. The van der Waals surface area contributed by atoms with Crippen molar-refractivity contribution in [3.05, 3.63) is 66.6 Å². The van der Waals surface area contributed by atoms with Crippen molar-refractivity contribution in [2.75, 3.05) is 27.9 Å². The predicted molar refractivity (Wildman–Crippen MR) is 111 cm³/mol. The number of rotatable bonds is 9. The standard InChI is InChI=1S/C22H23N3O5/c1-5-12-25(22(26)20-17(28-3)10-7-11-18(20)29-4)14-19-23-21(24-30-19)15-8-6-9-16(13-15)27-2/h5-11,13H,1,12,14H2,2-4H3. The van der Waals surface area contributed by atoms with Gasteiger partial charge in [0.25, 0.3) is 5.91 Å². The van der Waals surface area contributed by atoms with Crippen LogP contribution in [0.25, 0.3) is 11.4 Å². The van der Waals surface area contributed by atoms with Gasteiger partial charge in [0, 0.05) is 12.1 Å². The van der Waals surface area contributed by atoms with E-state index in [2.05, 4.69) is 16.7 Å². The van der Waals surface area contributed by atoms with Crippen LogP contribution in [0, 0.1) is 0 Å². The number of nitrogens with zero attached hydrogens (tertiary/aromatic N) is 3. The fourth-order valence-corrected chi connectivity index (χ4v) is 2.96. The number of hydrogen-bond donors (Lipinski definition) is 0. The molecule has 0 aliphatic rings. The molecule has 8 heteroatoms. The van der Waals surface area contributed by atoms with Crippen LogP contribution < -0.4 is 14.2 Å². The highest BCUT2D eigenvalue weighted by molar-refractivity contribution is 5.99. The van der Waals surface area contributed by atoms with Crippen molar-refractivity contribution in [1.82, 2.24) is 15.0 Å². The van der Waals surface area contributed by atoms with E-state index in [1.807, 2.05) is 18.2 Å². The molecular weight excluding hydrogens is 386 g/mol. The Balaban J connectivity index is 1.87. The summed E-state index contributed by atoms with van der Waals surface area (Å²) in [6.45, 7) is 4.11. The van der Waals surface area contributed by atoms with Crippen molar-refractivity contribution in [1.29, 1.82) is 0 Å². The minimum absolute atomic E-state index is 0.100. The maximum atomic E-state index is 13.3. The third-order valence-electron chi connectivity index (χ3n) is 4.40. The summed E-state index contributed by atoms with van der Waals surface area (Å²) in [5.41, 5.74) is 1.06. The molecule has 1 aromatic heterocycles. The van der Waals surface area contributed by atoms with Gasteiger partial charge < -0.3 is 23.6 Å². The Hall–Kier alpha value is -3.81. The van der Waals surface area contributed by atoms with Crippen LogP contribution in [-0.4, -0.2) is 48.8 Å². The summed E-state index contributed by atoms with van der Waals surface area (Å²) in [7, 11) is 4.59. The van der Waals surface area contributed by atoms with Crippen LogP contribution in [0.1, 0.15) is 16.2 Å². The number of carbonyl (C=O) groups excluding carboxylic acids is 1. The molecule has 0 unspecified atom stereocenters. The molecule has 0 aliphatic heterocycles. The van der Waals surface area contributed by atoms with Gasteiger partial charge in [-0.1, -0.05) is 29.4 Å². The van der Waals surface area contributed by atoms with Crippen LogP contribution >= 0.6 is 0 Å². The Kier molecular flexibility index (Phi) is 6.69. The van der Waals surface area contributed by atoms with E-state index < -0.39 is 0 Å². The largest absolute Gasteiger partial charge is 0.497 e. The molecule has 3 rings (SSSR count). The van der Waals surface area contributed by atoms with Gasteiger partial charge in [0.2, 0.25) is 11.7 Å². The fourth-order valence-electron chi connectivity index (χ4n) is 2.96. The van der Waals surface area contributed by atoms with E-state index in [1.54, 1.807) is 37.5 Å². The lowest BCUT2D eigenvalue weighted by Gasteiger charge is -2.21. The topological polar surface area (TPSA) is 86.9 Å². The molecule has 0 bridgehead atoms. The van der Waals surface area contributed by atoms with Crippen LogP contribution in [0.5, 0.6) is 17.2 Å². The van der Waals surface area contributed by atoms with Crippen LogP contribution in [0.4, 0.5) is 0 Å². The van der Waals surface area contributed by atoms with Crippen molar-refractivity contribution < 1.29 is 23.5 Å². The molecule has 8 nitrogen and oxygen atoms in total. The van der Waals surface area contributed by atoms with Gasteiger partial charge >= 0.3 is 0 Å². The summed E-state index contributed by atoms with van der Waals surface area (Å²) in [5.74, 6) is 1.91. The monoisotopic (exact) mass is 409 g/mol. The quantitative estimate of drug-likeness (QED) is 0.499. The molecular formula is C22H23N3O5. The lowest BCUT2D eigenvalue weighted by atomic mass is 10.1. The molecule has 0 saturated carbocycles. The highest BCUT2D eigenvalue weighted by atomic mass is 16.5. The first-order chi connectivity index (χ1) is 14.6. The predicted octanol–water partition coefficient (Wildman–Crippen LogP) is 3.59. The van der Waals surface area contributed by atoms with Gasteiger partial charge in [-0.3, -0.25) is 4.79 Å². The maximum Gasteiger partial charge on any atom is 0.262 e. The van der Waals surface area contributed by atoms with Gasteiger partial charge in [0.15, 0.2) is 0 Å². The third-order valence-corrected chi connectivity index (χ3v) is 4.40. The fraction of sp³-hybridized carbons (Fsp3) is 0.227. The number of amides is 1. The van der Waals surface area contributed by atoms with Crippen molar-refractivity contribution in [2.24, 2.45) is 0 Å². The molecule has 0 saturated heterocycles. The number of aromatic nitrogens is 2. The minimum Gasteiger partial charge on any atom is -0.497 e. The van der Waals surface area contributed by atoms with Crippen LogP contribution in [-0.2, 0) is 6.54 Å². The maximum absolute atomic E-state index is 13.3. The molecule has 0 radical (unpaired) electrons. The summed E-state index contributed by atoms with van der Waals surface area (Å²) in [5, 5.41) is 4.02. The van der Waals surface area contributed by atoms with Crippen molar-refractivity contribution >= 4 is 5.91 Å². The van der Waals surface area contributed by atoms with Crippen LogP contribution in [0.15, 0.2) is 59.6 Å². The normalized spacial score (nSPS) is 10.4. The zero-order valence-corrected chi connectivity index (χ0v) is 17.1. The third kappa shape index (κ3) is 4.43. The zero-order chi connectivity index (χ0) is 21.5. The van der Waals surface area contributed by atoms with Gasteiger partial charge in [-0.2, -0.15) is 4.98 Å². The lowest BCUT2D eigenvalue weighted by molar-refractivity contribution is 0.0738. The van der Waals surface area contributed by atoms with E-state index in [4.69, 9.17) is 18.7 Å². The molecule has 0 aliphatic carbocycles. The Morgan fingerprint density at radius 1 is 1.10 bits per heavy atom. The SMILES string of the molecule is C=CCN(Cc1nc(-c2cccc(OC)c2)no1)C(=O)c1c(OC)cccc1OC. The zero-order valence-electron chi connectivity index (χ0n) is 17.1. The molecule has 0 spiro atoms. The first kappa shape index (κ1) is 20.9. The van der Waals surface area contributed by atoms with Gasteiger partial charge in [-0.25, -0.2) is 0 Å². The second-order valence-electron chi connectivity index (χ2n) is 6.26. The summed E-state index contributed by atoms with van der Waals surface area (Å²) in [6, 6.07) is 12.5. The Labute approximate surface area is 174 Å². The van der Waals surface area contributed by atoms with Gasteiger partial charge in [0.1, 0.15) is 29.4 Å². The van der Waals surface area contributed by atoms with E-state index in [1.165, 1.54) is 19.1 Å². The Bertz CT molecular complexity index is 1010. The van der Waals surface area contributed by atoms with E-state index in [9.17, 15) is 4.79 Å². The average molecular weight is 409 g/mol. The van der Waals surface area contributed by atoms with Crippen LogP contribution in [0.2, 0.25) is 0 Å². The molecule has 0 fully saturated rings. The smallest absolute Gasteiger partial charge is 0.262 e. The number of carbonyl (C=O) groups is 1. The van der Waals surface area contributed by atoms with Crippen molar-refractivity contribution in [2.45, 2.75) is 6.54 Å². The second-order valence-corrected chi connectivity index (χ2v) is 6.26. The van der Waals surface area contributed by atoms with Crippen molar-refractivity contribution in [3.63, 3.8) is 0 Å². The van der Waals surface area contributed by atoms with E-state index in [-0.39, 0.29) is 24.9 Å². The molecule has 2 aromatic carbocycles. The molecule has 1 heterocycles. The highest BCUT2D eigenvalue weighted by Gasteiger charge is 2.25. The molecule has 1 amide bonds. The van der Waals surface area contributed by atoms with Gasteiger partial charge in [0.05, 0.1) is 21.3 Å². The summed E-state index contributed by atoms with van der Waals surface area (Å²) in [4.78, 5) is 19.2. The van der Waals surface area contributed by atoms with Gasteiger partial charge in [-0.15, -0.1) is 6.58 Å². The average Bonchev–Trinajstić information content (AvgIpc) is 3.26. The van der Waals surface area contributed by atoms with E-state index >= 15 is 0 Å². The summed E-state index contributed by atoms with van der Waals surface area (Å²) in [6.07, 6.45) is 1.62. The number of methoxy groups -OCH3 is 3. The number of benzene rings is 2. The van der Waals surface area contributed by atoms with E-state index in [0.717, 1.165) is 5.56 Å². The Morgan fingerprint density at radius 2 is 1.80 bits per heavy atom. The summed E-state index contributed by atoms with van der Waals surface area (Å²) < 4.78 is 21.3. The first-order valence-corrected chi connectivity index (χ1v) is 9.19. The lowest BCUT2D eigenvalue weighted by Crippen LogP contribution is -2.31. The molecule has 0 N–H and O–H groups in total. The number of ether oxygens (including phenoxy) is 3. The highest BCUT2D eigenvalue weighted by Crippen LogP contribution is 2.30. The first-order valence-electron chi connectivity index (χ1n) is 9.19. The molecule has 3 aromatic rings. The molecule has 30 heavy (non-hydrogen) atoms.